The van der Waals surface area contributed by atoms with Gasteiger partial charge >= 0.3 is 0 Å². The van der Waals surface area contributed by atoms with Crippen LogP contribution in [0.4, 0.5) is 14.5 Å². The fraction of sp³-hybridized carbons (Fsp3) is 0.263. The maximum atomic E-state index is 13.1. The van der Waals surface area contributed by atoms with Crippen LogP contribution in [0.25, 0.3) is 16.3 Å². The number of imidazole rings is 1. The van der Waals surface area contributed by atoms with Gasteiger partial charge in [-0.15, -0.1) is 11.3 Å². The van der Waals surface area contributed by atoms with Gasteiger partial charge in [-0.25, -0.2) is 13.8 Å². The normalized spacial score (nSPS) is 16.1. The molecule has 1 N–H and O–H groups in total. The van der Waals surface area contributed by atoms with Gasteiger partial charge < -0.3 is 9.84 Å². The maximum Gasteiger partial charge on any atom is 0.274 e. The monoisotopic (exact) mass is 415 g/mol. The zero-order chi connectivity index (χ0) is 20.2. The third-order valence-corrected chi connectivity index (χ3v) is 5.96. The zero-order valence-electron chi connectivity index (χ0n) is 15.2. The number of hydrogen-bond acceptors (Lipinski definition) is 6. The first-order valence-electron chi connectivity index (χ1n) is 8.95. The van der Waals surface area contributed by atoms with Crippen LogP contribution in [0, 0.1) is 6.92 Å². The predicted octanol–water partition coefficient (Wildman–Crippen LogP) is 4.52. The number of nitrogens with one attached hydrogen (secondary N) is 1. The molecular weight excluding hydrogens is 400 g/mol. The smallest absolute Gasteiger partial charge is 0.274 e. The molecule has 4 aromatic heterocycles. The largest absolute Gasteiger partial charge is 0.339 e. The van der Waals surface area contributed by atoms with Crippen LogP contribution in [-0.2, 0) is 0 Å². The molecule has 5 rings (SSSR count). The summed E-state index contributed by atoms with van der Waals surface area (Å²) in [7, 11) is 0. The van der Waals surface area contributed by atoms with Crippen LogP contribution in [0.1, 0.15) is 40.0 Å². The molecule has 1 amide bonds. The lowest BCUT2D eigenvalue weighted by molar-refractivity contribution is -0.0925. The van der Waals surface area contributed by atoms with Gasteiger partial charge in [-0.1, -0.05) is 11.2 Å². The number of alkyl halides is 2. The summed E-state index contributed by atoms with van der Waals surface area (Å²) in [5.41, 5.74) is 1.73. The van der Waals surface area contributed by atoms with Gasteiger partial charge in [-0.3, -0.25) is 9.20 Å². The fourth-order valence-corrected chi connectivity index (χ4v) is 4.24. The minimum atomic E-state index is -2.64. The average Bonchev–Trinajstić information content (AvgIpc) is 3.38. The molecular formula is C19H15F2N5O2S. The molecule has 10 heteroatoms. The number of aromatic nitrogens is 4. The fourth-order valence-electron chi connectivity index (χ4n) is 3.34. The SMILES string of the molecule is Cc1sc(-c2noc(C3CC(F)(F)C3)n2)cc1NC(=O)c1cnc2ccccn12. The topological polar surface area (TPSA) is 85.3 Å². The number of halogens is 2. The lowest BCUT2D eigenvalue weighted by Gasteiger charge is -2.31. The standard InChI is InChI=1S/C19H15F2N5O2S/c1-10-12(23-17(27)13-9-22-15-4-2-3-5-26(13)15)6-14(29-10)16-24-18(28-25-16)11-7-19(20,21)8-11/h2-6,9,11H,7-8H2,1H3,(H,23,27). The molecule has 0 saturated heterocycles. The lowest BCUT2D eigenvalue weighted by Crippen LogP contribution is -2.33. The summed E-state index contributed by atoms with van der Waals surface area (Å²) in [5, 5.41) is 6.80. The van der Waals surface area contributed by atoms with Crippen molar-refractivity contribution in [1.82, 2.24) is 19.5 Å². The summed E-state index contributed by atoms with van der Waals surface area (Å²) < 4.78 is 33.0. The quantitative estimate of drug-likeness (QED) is 0.530. The highest BCUT2D eigenvalue weighted by Gasteiger charge is 2.48. The van der Waals surface area contributed by atoms with Gasteiger partial charge in [-0.2, -0.15) is 4.98 Å². The van der Waals surface area contributed by atoms with Crippen molar-refractivity contribution in [2.75, 3.05) is 5.32 Å². The van der Waals surface area contributed by atoms with Crippen molar-refractivity contribution >= 4 is 28.6 Å². The van der Waals surface area contributed by atoms with E-state index in [0.29, 0.717) is 27.7 Å². The van der Waals surface area contributed by atoms with Crippen LogP contribution in [0.2, 0.25) is 0 Å². The molecule has 1 fully saturated rings. The molecule has 0 bridgehead atoms. The van der Waals surface area contributed by atoms with Gasteiger partial charge in [0.25, 0.3) is 5.91 Å². The zero-order valence-corrected chi connectivity index (χ0v) is 16.0. The van der Waals surface area contributed by atoms with Crippen molar-refractivity contribution in [3.8, 4) is 10.7 Å². The number of aryl methyl sites for hydroxylation is 1. The third kappa shape index (κ3) is 3.19. The summed E-state index contributed by atoms with van der Waals surface area (Å²) in [6.07, 6.45) is 2.76. The van der Waals surface area contributed by atoms with Gasteiger partial charge in [0.05, 0.1) is 16.8 Å². The molecule has 29 heavy (non-hydrogen) atoms. The third-order valence-electron chi connectivity index (χ3n) is 4.92. The molecule has 4 heterocycles. The van der Waals surface area contributed by atoms with Crippen LogP contribution in [0.3, 0.4) is 0 Å². The van der Waals surface area contributed by atoms with Gasteiger partial charge in [0.1, 0.15) is 11.3 Å². The Morgan fingerprint density at radius 2 is 2.21 bits per heavy atom. The van der Waals surface area contributed by atoms with Crippen LogP contribution in [0.15, 0.2) is 41.2 Å². The van der Waals surface area contributed by atoms with Crippen molar-refractivity contribution in [2.45, 2.75) is 31.6 Å². The lowest BCUT2D eigenvalue weighted by atomic mass is 9.81. The van der Waals surface area contributed by atoms with Crippen LogP contribution >= 0.6 is 11.3 Å². The summed E-state index contributed by atoms with van der Waals surface area (Å²) in [5.74, 6) is -2.77. The minimum absolute atomic E-state index is 0.230. The molecule has 0 radical (unpaired) electrons. The van der Waals surface area contributed by atoms with Crippen molar-refractivity contribution in [3.05, 3.63) is 53.1 Å². The van der Waals surface area contributed by atoms with E-state index >= 15 is 0 Å². The Balaban J connectivity index is 1.36. The number of carbonyl (C=O) groups is 1. The summed E-state index contributed by atoms with van der Waals surface area (Å²) in [6, 6.07) is 7.25. The Kier molecular flexibility index (Phi) is 3.98. The number of rotatable bonds is 4. The maximum absolute atomic E-state index is 13.1. The second-order valence-electron chi connectivity index (χ2n) is 7.02. The molecule has 0 aliphatic heterocycles. The number of amides is 1. The number of anilines is 1. The van der Waals surface area contributed by atoms with Crippen LogP contribution in [0.5, 0.6) is 0 Å². The van der Waals surface area contributed by atoms with E-state index in [1.807, 2.05) is 25.1 Å². The number of thiophene rings is 1. The van der Waals surface area contributed by atoms with Gasteiger partial charge in [0.15, 0.2) is 0 Å². The highest BCUT2D eigenvalue weighted by atomic mass is 32.1. The van der Waals surface area contributed by atoms with Crippen molar-refractivity contribution in [2.24, 2.45) is 0 Å². The summed E-state index contributed by atoms with van der Waals surface area (Å²) in [6.45, 7) is 1.87. The van der Waals surface area contributed by atoms with E-state index in [1.54, 1.807) is 16.7 Å². The van der Waals surface area contributed by atoms with E-state index in [4.69, 9.17) is 4.52 Å². The first kappa shape index (κ1) is 17.9. The summed E-state index contributed by atoms with van der Waals surface area (Å²) >= 11 is 1.39. The van der Waals surface area contributed by atoms with Gasteiger partial charge in [0, 0.05) is 29.8 Å². The highest BCUT2D eigenvalue weighted by Crippen LogP contribution is 2.48. The second-order valence-corrected chi connectivity index (χ2v) is 8.28. The number of hydrogen-bond donors (Lipinski definition) is 1. The van der Waals surface area contributed by atoms with Gasteiger partial charge in [0.2, 0.25) is 17.6 Å². The molecule has 4 aromatic rings. The average molecular weight is 415 g/mol. The van der Waals surface area contributed by atoms with Crippen molar-refractivity contribution in [1.29, 1.82) is 0 Å². The molecule has 0 atom stereocenters. The number of fused-ring (bicyclic) bond motifs is 1. The Labute approximate surface area is 167 Å². The van der Waals surface area contributed by atoms with Crippen LogP contribution in [-0.4, -0.2) is 31.4 Å². The predicted molar refractivity (Wildman–Crippen MR) is 102 cm³/mol. The Bertz CT molecular complexity index is 1220. The van der Waals surface area contributed by atoms with E-state index in [2.05, 4.69) is 20.4 Å². The minimum Gasteiger partial charge on any atom is -0.339 e. The Morgan fingerprint density at radius 3 is 3.00 bits per heavy atom. The van der Waals surface area contributed by atoms with E-state index in [9.17, 15) is 13.6 Å². The van der Waals surface area contributed by atoms with E-state index in [-0.39, 0.29) is 24.6 Å². The van der Waals surface area contributed by atoms with E-state index in [1.165, 1.54) is 17.5 Å². The van der Waals surface area contributed by atoms with Crippen LogP contribution < -0.4 is 5.32 Å². The molecule has 148 valence electrons. The van der Waals surface area contributed by atoms with E-state index in [0.717, 1.165) is 4.88 Å². The van der Waals surface area contributed by atoms with E-state index < -0.39 is 11.8 Å². The molecule has 1 aliphatic rings. The Morgan fingerprint density at radius 1 is 1.38 bits per heavy atom. The van der Waals surface area contributed by atoms with Crippen molar-refractivity contribution in [3.63, 3.8) is 0 Å². The molecule has 0 unspecified atom stereocenters. The summed E-state index contributed by atoms with van der Waals surface area (Å²) in [4.78, 5) is 22.7. The van der Waals surface area contributed by atoms with Gasteiger partial charge in [-0.05, 0) is 25.1 Å². The molecule has 1 saturated carbocycles. The highest BCUT2D eigenvalue weighted by molar-refractivity contribution is 7.16. The molecule has 0 spiro atoms. The number of nitrogens with zero attached hydrogens (tertiary/aromatic N) is 4. The number of carbonyl (C=O) groups excluding carboxylic acids is 1. The second kappa shape index (κ2) is 6.45. The van der Waals surface area contributed by atoms with Crippen molar-refractivity contribution < 1.29 is 18.1 Å². The molecule has 7 nitrogen and oxygen atoms in total. The first-order chi connectivity index (χ1) is 13.9. The molecule has 0 aromatic carbocycles. The number of pyridine rings is 1. The first-order valence-corrected chi connectivity index (χ1v) is 9.77. The molecule has 1 aliphatic carbocycles. The Hall–Kier alpha value is -3.14.